The first-order chi connectivity index (χ1) is 14.0. The van der Waals surface area contributed by atoms with E-state index in [1.807, 2.05) is 0 Å². The summed E-state index contributed by atoms with van der Waals surface area (Å²) in [5.74, 6) is -1.85. The van der Waals surface area contributed by atoms with Gasteiger partial charge in [0.15, 0.2) is 16.7 Å². The number of thiocarbonyl (C=S) groups is 1. The van der Waals surface area contributed by atoms with Crippen molar-refractivity contribution in [1.29, 1.82) is 0 Å². The molecule has 0 aliphatic heterocycles. The highest BCUT2D eigenvalue weighted by Gasteiger charge is 2.29. The largest absolute Gasteiger partial charge is 0.332 e. The van der Waals surface area contributed by atoms with Gasteiger partial charge < -0.3 is 5.32 Å². The van der Waals surface area contributed by atoms with Crippen LogP contribution in [0.2, 0.25) is 0 Å². The number of carbonyl (C=O) groups is 3. The van der Waals surface area contributed by atoms with Crippen LogP contribution in [0, 0.1) is 5.82 Å². The van der Waals surface area contributed by atoms with E-state index in [1.165, 1.54) is 30.3 Å². The van der Waals surface area contributed by atoms with Crippen LogP contribution in [0.3, 0.4) is 0 Å². The fraction of sp³-hybridized carbons (Fsp3) is 0. The third kappa shape index (κ3) is 3.43. The second-order valence-corrected chi connectivity index (χ2v) is 6.76. The van der Waals surface area contributed by atoms with Gasteiger partial charge in [-0.25, -0.2) is 4.39 Å². The number of hydrogen-bond acceptors (Lipinski definition) is 4. The number of fused-ring (bicyclic) bond motifs is 2. The van der Waals surface area contributed by atoms with Crippen molar-refractivity contribution in [3.8, 4) is 0 Å². The van der Waals surface area contributed by atoms with Crippen LogP contribution in [0.25, 0.3) is 0 Å². The van der Waals surface area contributed by atoms with Crippen LogP contribution in [0.4, 0.5) is 10.1 Å². The Hall–Kier alpha value is -3.71. The van der Waals surface area contributed by atoms with Gasteiger partial charge in [0.1, 0.15) is 5.82 Å². The van der Waals surface area contributed by atoms with Gasteiger partial charge in [-0.05, 0) is 42.5 Å². The van der Waals surface area contributed by atoms with Crippen LogP contribution < -0.4 is 10.6 Å². The van der Waals surface area contributed by atoms with E-state index in [-0.39, 0.29) is 27.8 Å². The van der Waals surface area contributed by atoms with E-state index in [1.54, 1.807) is 36.4 Å². The molecule has 4 rings (SSSR count). The normalized spacial score (nSPS) is 12.0. The van der Waals surface area contributed by atoms with Crippen molar-refractivity contribution in [3.63, 3.8) is 0 Å². The maximum Gasteiger partial charge on any atom is 0.260 e. The summed E-state index contributed by atoms with van der Waals surface area (Å²) in [6.07, 6.45) is 0. The molecule has 0 saturated carbocycles. The summed E-state index contributed by atoms with van der Waals surface area (Å²) in [5.41, 5.74) is 1.56. The van der Waals surface area contributed by atoms with Crippen molar-refractivity contribution in [2.24, 2.45) is 0 Å². The Balaban J connectivity index is 1.55. The Morgan fingerprint density at radius 1 is 0.793 bits per heavy atom. The monoisotopic (exact) mass is 404 g/mol. The molecule has 3 aromatic carbocycles. The van der Waals surface area contributed by atoms with Crippen LogP contribution in [-0.4, -0.2) is 22.6 Å². The molecule has 29 heavy (non-hydrogen) atoms. The zero-order chi connectivity index (χ0) is 20.5. The lowest BCUT2D eigenvalue weighted by atomic mass is 9.84. The predicted octanol–water partition coefficient (Wildman–Crippen LogP) is 3.73. The molecular formula is C22H13FN2O3S. The lowest BCUT2D eigenvalue weighted by Gasteiger charge is -2.18. The lowest BCUT2D eigenvalue weighted by molar-refractivity contribution is 0.0972. The molecule has 1 aliphatic carbocycles. The minimum atomic E-state index is -0.696. The first-order valence-electron chi connectivity index (χ1n) is 8.65. The van der Waals surface area contributed by atoms with Crippen LogP contribution in [-0.2, 0) is 0 Å². The number of nitrogens with one attached hydrogen (secondary N) is 2. The molecule has 142 valence electrons. The third-order valence-corrected chi connectivity index (χ3v) is 4.73. The molecule has 0 fully saturated rings. The molecule has 0 unspecified atom stereocenters. The van der Waals surface area contributed by atoms with E-state index >= 15 is 0 Å². The maximum atomic E-state index is 13.7. The van der Waals surface area contributed by atoms with Gasteiger partial charge in [0.25, 0.3) is 5.91 Å². The quantitative estimate of drug-likeness (QED) is 0.498. The van der Waals surface area contributed by atoms with E-state index in [4.69, 9.17) is 12.2 Å². The Labute approximate surface area is 170 Å². The van der Waals surface area contributed by atoms with Gasteiger partial charge in [-0.1, -0.05) is 36.4 Å². The summed E-state index contributed by atoms with van der Waals surface area (Å²) in [6, 6.07) is 16.8. The SMILES string of the molecule is O=C(NC(=S)Nc1ccc2c(c1)C(=O)c1ccccc1C2=O)c1ccccc1F. The molecule has 0 spiro atoms. The van der Waals surface area contributed by atoms with Crippen LogP contribution in [0.15, 0.2) is 66.7 Å². The van der Waals surface area contributed by atoms with Crippen molar-refractivity contribution in [1.82, 2.24) is 5.32 Å². The smallest absolute Gasteiger partial charge is 0.260 e. The molecule has 7 heteroatoms. The van der Waals surface area contributed by atoms with Crippen LogP contribution >= 0.6 is 12.2 Å². The van der Waals surface area contributed by atoms with Crippen molar-refractivity contribution < 1.29 is 18.8 Å². The van der Waals surface area contributed by atoms with Gasteiger partial charge in [0.2, 0.25) is 0 Å². The number of rotatable bonds is 2. The first-order valence-corrected chi connectivity index (χ1v) is 9.06. The molecule has 1 amide bonds. The van der Waals surface area contributed by atoms with Gasteiger partial charge in [0.05, 0.1) is 5.56 Å². The summed E-state index contributed by atoms with van der Waals surface area (Å²) >= 11 is 5.11. The third-order valence-electron chi connectivity index (χ3n) is 4.53. The molecular weight excluding hydrogens is 391 g/mol. The van der Waals surface area contributed by atoms with E-state index in [0.29, 0.717) is 22.4 Å². The van der Waals surface area contributed by atoms with Gasteiger partial charge in [0, 0.05) is 27.9 Å². The van der Waals surface area contributed by atoms with Gasteiger partial charge in [-0.2, -0.15) is 0 Å². The molecule has 0 radical (unpaired) electrons. The highest BCUT2D eigenvalue weighted by molar-refractivity contribution is 7.80. The first kappa shape index (κ1) is 18.6. The number of carbonyl (C=O) groups excluding carboxylic acids is 3. The zero-order valence-electron chi connectivity index (χ0n) is 14.9. The van der Waals surface area contributed by atoms with Gasteiger partial charge >= 0.3 is 0 Å². The average molecular weight is 404 g/mol. The van der Waals surface area contributed by atoms with Gasteiger partial charge in [-0.3, -0.25) is 19.7 Å². The van der Waals surface area contributed by atoms with Crippen molar-refractivity contribution in [2.45, 2.75) is 0 Å². The molecule has 1 aliphatic rings. The Kier molecular flexibility index (Phi) is 4.74. The van der Waals surface area contributed by atoms with Crippen LogP contribution in [0.1, 0.15) is 42.2 Å². The lowest BCUT2D eigenvalue weighted by Crippen LogP contribution is -2.34. The Bertz CT molecular complexity index is 1210. The topological polar surface area (TPSA) is 75.3 Å². The van der Waals surface area contributed by atoms with Crippen molar-refractivity contribution in [3.05, 3.63) is 100 Å². The van der Waals surface area contributed by atoms with E-state index < -0.39 is 11.7 Å². The molecule has 5 nitrogen and oxygen atoms in total. The number of halogens is 1. The highest BCUT2D eigenvalue weighted by atomic mass is 32.1. The standard InChI is InChI=1S/C22H13FN2O3S/c23-18-8-4-3-7-16(18)21(28)25-22(29)24-12-9-10-15-17(11-12)20(27)14-6-2-1-5-13(14)19(15)26/h1-11H,(H2,24,25,28,29). The minimum absolute atomic E-state index is 0.0619. The second-order valence-electron chi connectivity index (χ2n) is 6.35. The van der Waals surface area contributed by atoms with Crippen molar-refractivity contribution in [2.75, 3.05) is 5.32 Å². The number of amides is 1. The minimum Gasteiger partial charge on any atom is -0.332 e. The number of benzene rings is 3. The zero-order valence-corrected chi connectivity index (χ0v) is 15.7. The van der Waals surface area contributed by atoms with Crippen molar-refractivity contribution >= 4 is 40.5 Å². The summed E-state index contributed by atoms with van der Waals surface area (Å²) in [4.78, 5) is 37.6. The molecule has 0 aromatic heterocycles. The molecule has 0 saturated heterocycles. The molecule has 3 aromatic rings. The second kappa shape index (κ2) is 7.37. The summed E-state index contributed by atoms with van der Waals surface area (Å²) in [6.45, 7) is 0. The van der Waals surface area contributed by atoms with E-state index in [2.05, 4.69) is 10.6 Å². The van der Waals surface area contributed by atoms with E-state index in [0.717, 1.165) is 0 Å². The molecule has 0 heterocycles. The Morgan fingerprint density at radius 2 is 1.38 bits per heavy atom. The van der Waals surface area contributed by atoms with Crippen LogP contribution in [0.5, 0.6) is 0 Å². The fourth-order valence-corrected chi connectivity index (χ4v) is 3.37. The molecule has 0 atom stereocenters. The average Bonchev–Trinajstić information content (AvgIpc) is 2.72. The number of hydrogen-bond donors (Lipinski definition) is 2. The predicted molar refractivity (Wildman–Crippen MR) is 110 cm³/mol. The highest BCUT2D eigenvalue weighted by Crippen LogP contribution is 2.29. The summed E-state index contributed by atoms with van der Waals surface area (Å²) in [5, 5.41) is 5.11. The summed E-state index contributed by atoms with van der Waals surface area (Å²) < 4.78 is 13.7. The van der Waals surface area contributed by atoms with Gasteiger partial charge in [-0.15, -0.1) is 0 Å². The number of anilines is 1. The summed E-state index contributed by atoms with van der Waals surface area (Å²) in [7, 11) is 0. The molecule has 2 N–H and O–H groups in total. The Morgan fingerprint density at radius 3 is 2.07 bits per heavy atom. The molecule has 0 bridgehead atoms. The van der Waals surface area contributed by atoms with E-state index in [9.17, 15) is 18.8 Å². The maximum absolute atomic E-state index is 13.7. The number of ketones is 2. The fourth-order valence-electron chi connectivity index (χ4n) is 3.16.